The van der Waals surface area contributed by atoms with Crippen molar-refractivity contribution >= 4 is 27.7 Å². The SMILES string of the molecule is C#CCCCC(O)CSc1cccc(Br)c1. The molecular formula is C13H15BrOS. The molecule has 0 bridgehead atoms. The number of aliphatic hydroxyl groups is 1. The topological polar surface area (TPSA) is 20.2 Å². The lowest BCUT2D eigenvalue weighted by Crippen LogP contribution is -2.09. The third-order valence-electron chi connectivity index (χ3n) is 2.10. The van der Waals surface area contributed by atoms with Gasteiger partial charge in [0, 0.05) is 21.5 Å². The molecule has 0 aromatic heterocycles. The summed E-state index contributed by atoms with van der Waals surface area (Å²) < 4.78 is 1.07. The van der Waals surface area contributed by atoms with Crippen LogP contribution >= 0.6 is 27.7 Å². The second-order valence-corrected chi connectivity index (χ2v) is 5.53. The van der Waals surface area contributed by atoms with Crippen LogP contribution in [-0.2, 0) is 0 Å². The normalized spacial score (nSPS) is 12.1. The van der Waals surface area contributed by atoms with Crippen LogP contribution in [0.1, 0.15) is 19.3 Å². The van der Waals surface area contributed by atoms with Gasteiger partial charge in [-0.15, -0.1) is 24.1 Å². The molecule has 1 unspecified atom stereocenters. The van der Waals surface area contributed by atoms with Gasteiger partial charge in [-0.05, 0) is 31.0 Å². The fourth-order valence-corrected chi connectivity index (χ4v) is 2.76. The molecule has 3 heteroatoms. The molecule has 86 valence electrons. The molecule has 0 saturated carbocycles. The van der Waals surface area contributed by atoms with Gasteiger partial charge in [0.15, 0.2) is 0 Å². The van der Waals surface area contributed by atoms with Crippen LogP contribution in [-0.4, -0.2) is 17.0 Å². The number of thioether (sulfide) groups is 1. The van der Waals surface area contributed by atoms with Crippen molar-refractivity contribution in [1.82, 2.24) is 0 Å². The molecule has 1 nitrogen and oxygen atoms in total. The van der Waals surface area contributed by atoms with Crippen LogP contribution in [0.3, 0.4) is 0 Å². The first-order valence-electron chi connectivity index (χ1n) is 5.22. The monoisotopic (exact) mass is 298 g/mol. The van der Waals surface area contributed by atoms with E-state index < -0.39 is 0 Å². The average Bonchev–Trinajstić information content (AvgIpc) is 2.27. The van der Waals surface area contributed by atoms with Crippen molar-refractivity contribution in [2.24, 2.45) is 0 Å². The van der Waals surface area contributed by atoms with E-state index >= 15 is 0 Å². The van der Waals surface area contributed by atoms with Gasteiger partial charge in [-0.3, -0.25) is 0 Å². The van der Waals surface area contributed by atoms with Crippen molar-refractivity contribution in [2.45, 2.75) is 30.3 Å². The molecule has 0 heterocycles. The Morgan fingerprint density at radius 2 is 2.31 bits per heavy atom. The second kappa shape index (κ2) is 7.78. The van der Waals surface area contributed by atoms with Crippen molar-refractivity contribution in [3.63, 3.8) is 0 Å². The Bertz CT molecular complexity index is 359. The second-order valence-electron chi connectivity index (χ2n) is 3.52. The highest BCUT2D eigenvalue weighted by Gasteiger charge is 2.04. The van der Waals surface area contributed by atoms with Crippen molar-refractivity contribution < 1.29 is 5.11 Å². The summed E-state index contributed by atoms with van der Waals surface area (Å²) in [6.07, 6.45) is 7.32. The molecule has 0 aliphatic rings. The molecule has 0 saturated heterocycles. The molecule has 1 N–H and O–H groups in total. The van der Waals surface area contributed by atoms with E-state index in [9.17, 15) is 5.11 Å². The van der Waals surface area contributed by atoms with Gasteiger partial charge < -0.3 is 5.11 Å². The van der Waals surface area contributed by atoms with Crippen LogP contribution in [0, 0.1) is 12.3 Å². The van der Waals surface area contributed by atoms with Gasteiger partial charge in [0.05, 0.1) is 6.10 Å². The Labute approximate surface area is 110 Å². The minimum atomic E-state index is -0.266. The average molecular weight is 299 g/mol. The van der Waals surface area contributed by atoms with E-state index in [1.54, 1.807) is 11.8 Å². The minimum absolute atomic E-state index is 0.266. The van der Waals surface area contributed by atoms with E-state index in [0.29, 0.717) is 0 Å². The number of rotatable bonds is 6. The number of terminal acetylenes is 1. The number of hydrogen-bond acceptors (Lipinski definition) is 2. The third kappa shape index (κ3) is 5.60. The van der Waals surface area contributed by atoms with Crippen LogP contribution < -0.4 is 0 Å². The molecule has 1 rings (SSSR count). The zero-order chi connectivity index (χ0) is 11.8. The summed E-state index contributed by atoms with van der Waals surface area (Å²) >= 11 is 5.09. The van der Waals surface area contributed by atoms with Gasteiger partial charge in [-0.1, -0.05) is 22.0 Å². The summed E-state index contributed by atoms with van der Waals surface area (Å²) in [4.78, 5) is 1.17. The number of aliphatic hydroxyl groups excluding tert-OH is 1. The maximum atomic E-state index is 9.71. The largest absolute Gasteiger partial charge is 0.392 e. The molecule has 16 heavy (non-hydrogen) atoms. The third-order valence-corrected chi connectivity index (χ3v) is 3.73. The van der Waals surface area contributed by atoms with Crippen LogP contribution in [0.4, 0.5) is 0 Å². The maximum absolute atomic E-state index is 9.71. The molecule has 1 aromatic carbocycles. The predicted molar refractivity (Wildman–Crippen MR) is 73.6 cm³/mol. The quantitative estimate of drug-likeness (QED) is 0.491. The molecule has 0 amide bonds. The highest BCUT2D eigenvalue weighted by molar-refractivity contribution is 9.10. The van der Waals surface area contributed by atoms with Gasteiger partial charge in [-0.25, -0.2) is 0 Å². The first kappa shape index (κ1) is 13.6. The first-order chi connectivity index (χ1) is 7.72. The fraction of sp³-hybridized carbons (Fsp3) is 0.385. The predicted octanol–water partition coefficient (Wildman–Crippen LogP) is 3.71. The number of halogens is 1. The first-order valence-corrected chi connectivity index (χ1v) is 7.00. The highest BCUT2D eigenvalue weighted by Crippen LogP contribution is 2.23. The van der Waals surface area contributed by atoms with Crippen LogP contribution in [0.15, 0.2) is 33.6 Å². The lowest BCUT2D eigenvalue weighted by Gasteiger charge is -2.09. The summed E-state index contributed by atoms with van der Waals surface area (Å²) in [6, 6.07) is 8.09. The van der Waals surface area contributed by atoms with Gasteiger partial charge >= 0.3 is 0 Å². The highest BCUT2D eigenvalue weighted by atomic mass is 79.9. The minimum Gasteiger partial charge on any atom is -0.392 e. The molecule has 0 radical (unpaired) electrons. The Balaban J connectivity index is 2.26. The van der Waals surface area contributed by atoms with Crippen LogP contribution in [0.2, 0.25) is 0 Å². The number of benzene rings is 1. The van der Waals surface area contributed by atoms with Gasteiger partial charge in [0.2, 0.25) is 0 Å². The van der Waals surface area contributed by atoms with Crippen molar-refractivity contribution in [2.75, 3.05) is 5.75 Å². The maximum Gasteiger partial charge on any atom is 0.0634 e. The zero-order valence-corrected chi connectivity index (χ0v) is 11.4. The molecule has 0 spiro atoms. The van der Waals surface area contributed by atoms with E-state index in [1.165, 1.54) is 4.90 Å². The van der Waals surface area contributed by atoms with E-state index in [2.05, 4.69) is 27.9 Å². The summed E-state index contributed by atoms with van der Waals surface area (Å²) in [6.45, 7) is 0. The van der Waals surface area contributed by atoms with Gasteiger partial charge in [-0.2, -0.15) is 0 Å². The number of unbranched alkanes of at least 4 members (excludes halogenated alkanes) is 1. The summed E-state index contributed by atoms with van der Waals surface area (Å²) in [5.41, 5.74) is 0. The Hall–Kier alpha value is -0.430. The Morgan fingerprint density at radius 1 is 1.50 bits per heavy atom. The standard InChI is InChI=1S/C13H15BrOS/c1-2-3-4-7-12(15)10-16-13-8-5-6-11(14)9-13/h1,5-6,8-9,12,15H,3-4,7,10H2. The van der Waals surface area contributed by atoms with Crippen LogP contribution in [0.25, 0.3) is 0 Å². The van der Waals surface area contributed by atoms with E-state index in [0.717, 1.165) is 29.5 Å². The lowest BCUT2D eigenvalue weighted by atomic mass is 10.2. The molecule has 0 aliphatic carbocycles. The van der Waals surface area contributed by atoms with E-state index in [4.69, 9.17) is 6.42 Å². The Kier molecular flexibility index (Phi) is 6.63. The smallest absolute Gasteiger partial charge is 0.0634 e. The van der Waals surface area contributed by atoms with Crippen molar-refractivity contribution in [3.8, 4) is 12.3 Å². The zero-order valence-electron chi connectivity index (χ0n) is 9.03. The Morgan fingerprint density at radius 3 is 3.00 bits per heavy atom. The fourth-order valence-electron chi connectivity index (χ4n) is 1.27. The molecule has 1 atom stereocenters. The van der Waals surface area contributed by atoms with E-state index in [1.807, 2.05) is 18.2 Å². The molecule has 0 aliphatic heterocycles. The lowest BCUT2D eigenvalue weighted by molar-refractivity contribution is 0.187. The van der Waals surface area contributed by atoms with Crippen molar-refractivity contribution in [1.29, 1.82) is 0 Å². The van der Waals surface area contributed by atoms with Gasteiger partial charge in [0.1, 0.15) is 0 Å². The van der Waals surface area contributed by atoms with Crippen LogP contribution in [0.5, 0.6) is 0 Å². The van der Waals surface area contributed by atoms with E-state index in [-0.39, 0.29) is 6.10 Å². The van der Waals surface area contributed by atoms with Gasteiger partial charge in [0.25, 0.3) is 0 Å². The summed E-state index contributed by atoms with van der Waals surface area (Å²) in [7, 11) is 0. The number of hydrogen-bond donors (Lipinski definition) is 1. The molecular weight excluding hydrogens is 284 g/mol. The van der Waals surface area contributed by atoms with Crippen molar-refractivity contribution in [3.05, 3.63) is 28.7 Å². The summed E-state index contributed by atoms with van der Waals surface area (Å²) in [5.74, 6) is 3.30. The molecule has 0 fully saturated rings. The summed E-state index contributed by atoms with van der Waals surface area (Å²) in [5, 5.41) is 9.71. The molecule has 1 aromatic rings.